The molecule has 0 saturated carbocycles. The summed E-state index contributed by atoms with van der Waals surface area (Å²) < 4.78 is 0. The number of urea groups is 2. The van der Waals surface area contributed by atoms with Gasteiger partial charge in [-0.1, -0.05) is 0 Å². The van der Waals surface area contributed by atoms with E-state index in [9.17, 15) is 19.2 Å². The molecule has 16 heavy (non-hydrogen) atoms. The number of hydrogen-bond acceptors (Lipinski definition) is 5. The lowest BCUT2D eigenvalue weighted by Crippen LogP contribution is -2.48. The molecule has 1 aliphatic rings. The van der Waals surface area contributed by atoms with Crippen LogP contribution >= 0.6 is 0 Å². The fraction of sp³-hybridized carbons (Fsp3) is 0.333. The molecule has 90 valence electrons. The van der Waals surface area contributed by atoms with Crippen LogP contribution in [0.25, 0.3) is 0 Å². The van der Waals surface area contributed by atoms with Gasteiger partial charge in [0.05, 0.1) is 6.54 Å². The molecule has 1 atom stereocenters. The van der Waals surface area contributed by atoms with Gasteiger partial charge in [-0.2, -0.15) is 0 Å². The van der Waals surface area contributed by atoms with Crippen LogP contribution in [0.4, 0.5) is 9.59 Å². The molecule has 0 radical (unpaired) electrons. The van der Waals surface area contributed by atoms with Crippen LogP contribution in [0.1, 0.15) is 0 Å². The van der Waals surface area contributed by atoms with Crippen molar-refractivity contribution in [2.45, 2.75) is 6.17 Å². The highest BCUT2D eigenvalue weighted by Gasteiger charge is 2.29. The van der Waals surface area contributed by atoms with E-state index in [1.807, 2.05) is 10.6 Å². The van der Waals surface area contributed by atoms with Crippen molar-refractivity contribution < 1.29 is 24.3 Å². The molecule has 0 aliphatic carbocycles. The van der Waals surface area contributed by atoms with Crippen LogP contribution in [-0.4, -0.2) is 41.8 Å². The van der Waals surface area contributed by atoms with Crippen molar-refractivity contribution in [2.75, 3.05) is 6.54 Å². The van der Waals surface area contributed by atoms with Gasteiger partial charge in [-0.15, -0.1) is 0 Å². The van der Waals surface area contributed by atoms with Crippen LogP contribution in [0.2, 0.25) is 0 Å². The number of carbonyl (C=O) groups excluding carboxylic acids is 3. The molecule has 10 heteroatoms. The number of primary amides is 1. The quantitative estimate of drug-likeness (QED) is 0.274. The molecular formula is C6H11N5O5. The highest BCUT2D eigenvalue weighted by atomic mass is 16.4. The van der Waals surface area contributed by atoms with Gasteiger partial charge in [0.25, 0.3) is 5.91 Å². The molecule has 1 rings (SSSR count). The van der Waals surface area contributed by atoms with Crippen molar-refractivity contribution in [3.63, 3.8) is 0 Å². The third-order valence-electron chi connectivity index (χ3n) is 1.24. The number of aliphatic carboxylic acids is 1. The topological polar surface area (TPSA) is 177 Å². The van der Waals surface area contributed by atoms with Crippen LogP contribution < -0.4 is 27.4 Å². The summed E-state index contributed by atoms with van der Waals surface area (Å²) in [6, 6.07) is -1.51. The predicted molar refractivity (Wildman–Crippen MR) is 49.9 cm³/mol. The van der Waals surface area contributed by atoms with Crippen LogP contribution in [-0.2, 0) is 9.59 Å². The zero-order valence-corrected chi connectivity index (χ0v) is 8.02. The summed E-state index contributed by atoms with van der Waals surface area (Å²) in [6.45, 7) is -0.278. The van der Waals surface area contributed by atoms with E-state index in [0.717, 1.165) is 0 Å². The van der Waals surface area contributed by atoms with Gasteiger partial charge in [-0.3, -0.25) is 14.9 Å². The first-order valence-corrected chi connectivity index (χ1v) is 3.96. The first-order valence-electron chi connectivity index (χ1n) is 3.96. The maximum Gasteiger partial charge on any atom is 0.323 e. The molecule has 1 aliphatic heterocycles. The molecule has 5 amide bonds. The van der Waals surface area contributed by atoms with E-state index >= 15 is 0 Å². The standard InChI is InChI=1S/C4H6N4O3.C2H5NO2/c5-3(10)6-1-2(9)8-4(11)7-1;3-1-2(4)5/h1H,(H3,5,6,10)(H2,7,8,9,11);1,3H2,(H,4,5). The van der Waals surface area contributed by atoms with Gasteiger partial charge in [0.1, 0.15) is 0 Å². The lowest BCUT2D eigenvalue weighted by atomic mass is 10.5. The summed E-state index contributed by atoms with van der Waals surface area (Å²) >= 11 is 0. The summed E-state index contributed by atoms with van der Waals surface area (Å²) in [5.41, 5.74) is 9.27. The molecule has 1 fully saturated rings. The zero-order chi connectivity index (χ0) is 12.7. The fourth-order valence-electron chi connectivity index (χ4n) is 0.661. The number of carboxylic acid groups (broad SMARTS) is 1. The Morgan fingerprint density at radius 3 is 2.19 bits per heavy atom. The summed E-state index contributed by atoms with van der Waals surface area (Å²) in [6.07, 6.45) is -1.04. The Morgan fingerprint density at radius 1 is 1.44 bits per heavy atom. The van der Waals surface area contributed by atoms with Crippen molar-refractivity contribution in [1.82, 2.24) is 16.0 Å². The third kappa shape index (κ3) is 5.39. The minimum absolute atomic E-state index is 0.278. The van der Waals surface area contributed by atoms with Gasteiger partial charge >= 0.3 is 18.0 Å². The lowest BCUT2D eigenvalue weighted by molar-refractivity contribution is -0.135. The molecule has 0 spiro atoms. The summed E-state index contributed by atoms with van der Waals surface area (Å²) in [5.74, 6) is -1.58. The van der Waals surface area contributed by atoms with Crippen LogP contribution in [0.15, 0.2) is 0 Å². The Labute approximate surface area is 89.3 Å². The molecule has 1 heterocycles. The van der Waals surface area contributed by atoms with Crippen LogP contribution in [0.3, 0.4) is 0 Å². The molecule has 0 aromatic heterocycles. The smallest absolute Gasteiger partial charge is 0.323 e. The summed E-state index contributed by atoms with van der Waals surface area (Å²) in [7, 11) is 0. The molecule has 1 saturated heterocycles. The average Bonchev–Trinajstić information content (AvgIpc) is 2.45. The monoisotopic (exact) mass is 233 g/mol. The first-order chi connectivity index (χ1) is 7.36. The maximum absolute atomic E-state index is 10.7. The van der Waals surface area contributed by atoms with E-state index in [1.54, 1.807) is 0 Å². The summed E-state index contributed by atoms with van der Waals surface area (Å²) in [5, 5.41) is 13.7. The highest BCUT2D eigenvalue weighted by Crippen LogP contribution is 1.86. The molecule has 10 nitrogen and oxygen atoms in total. The van der Waals surface area contributed by atoms with Gasteiger partial charge in [0.2, 0.25) is 0 Å². The number of carbonyl (C=O) groups is 4. The predicted octanol–water partition coefficient (Wildman–Crippen LogP) is -3.15. The Kier molecular flexibility index (Phi) is 5.27. The van der Waals surface area contributed by atoms with E-state index < -0.39 is 30.1 Å². The van der Waals surface area contributed by atoms with E-state index in [-0.39, 0.29) is 6.54 Å². The van der Waals surface area contributed by atoms with E-state index in [4.69, 9.17) is 10.8 Å². The number of nitrogens with two attached hydrogens (primary N) is 2. The van der Waals surface area contributed by atoms with Crippen LogP contribution in [0, 0.1) is 0 Å². The Balaban J connectivity index is 0.000000385. The normalized spacial score (nSPS) is 17.7. The number of hydrogen-bond donors (Lipinski definition) is 6. The van der Waals surface area contributed by atoms with Gasteiger partial charge in [-0.05, 0) is 0 Å². The minimum atomic E-state index is -1.04. The second kappa shape index (κ2) is 6.19. The number of rotatable bonds is 2. The van der Waals surface area contributed by atoms with E-state index in [0.29, 0.717) is 0 Å². The molecule has 0 bridgehead atoms. The first kappa shape index (κ1) is 13.6. The SMILES string of the molecule is NC(=O)NC1NC(=O)NC1=O.NCC(=O)O. The third-order valence-corrected chi connectivity index (χ3v) is 1.24. The highest BCUT2D eigenvalue weighted by molar-refractivity contribution is 6.05. The van der Waals surface area contributed by atoms with Crippen molar-refractivity contribution in [2.24, 2.45) is 11.5 Å². The average molecular weight is 233 g/mol. The Bertz CT molecular complexity index is 316. The largest absolute Gasteiger partial charge is 0.480 e. The minimum Gasteiger partial charge on any atom is -0.480 e. The zero-order valence-electron chi connectivity index (χ0n) is 8.02. The number of amides is 5. The number of carboxylic acids is 1. The molecule has 1 unspecified atom stereocenters. The van der Waals surface area contributed by atoms with E-state index in [1.165, 1.54) is 0 Å². The molecular weight excluding hydrogens is 222 g/mol. The maximum atomic E-state index is 10.7. The van der Waals surface area contributed by atoms with Crippen molar-refractivity contribution in [3.8, 4) is 0 Å². The molecule has 0 aromatic rings. The number of nitrogens with one attached hydrogen (secondary N) is 3. The van der Waals surface area contributed by atoms with Gasteiger partial charge in [-0.25, -0.2) is 9.59 Å². The van der Waals surface area contributed by atoms with Gasteiger partial charge < -0.3 is 27.2 Å². The van der Waals surface area contributed by atoms with Crippen LogP contribution in [0.5, 0.6) is 0 Å². The Morgan fingerprint density at radius 2 is 1.94 bits per heavy atom. The van der Waals surface area contributed by atoms with Crippen molar-refractivity contribution >= 4 is 23.9 Å². The molecule has 0 aromatic carbocycles. The lowest BCUT2D eigenvalue weighted by Gasteiger charge is -2.05. The van der Waals surface area contributed by atoms with Gasteiger partial charge in [0, 0.05) is 0 Å². The number of imide groups is 1. The van der Waals surface area contributed by atoms with Gasteiger partial charge in [0.15, 0.2) is 6.17 Å². The van der Waals surface area contributed by atoms with Crippen molar-refractivity contribution in [1.29, 1.82) is 0 Å². The van der Waals surface area contributed by atoms with E-state index in [2.05, 4.69) is 11.1 Å². The molecule has 8 N–H and O–H groups in total. The second-order valence-corrected chi connectivity index (χ2v) is 2.50. The summed E-state index contributed by atoms with van der Waals surface area (Å²) in [4.78, 5) is 40.5. The Hall–Kier alpha value is -2.36. The van der Waals surface area contributed by atoms with Crippen molar-refractivity contribution in [3.05, 3.63) is 0 Å². The second-order valence-electron chi connectivity index (χ2n) is 2.50. The fourth-order valence-corrected chi connectivity index (χ4v) is 0.661.